The highest BCUT2D eigenvalue weighted by atomic mass is 32.2. The molecule has 108 valence electrons. The van der Waals surface area contributed by atoms with E-state index in [-0.39, 0.29) is 10.8 Å². The van der Waals surface area contributed by atoms with E-state index in [1.165, 1.54) is 8.71 Å². The summed E-state index contributed by atoms with van der Waals surface area (Å²) >= 11 is 0. The zero-order valence-corrected chi connectivity index (χ0v) is 11.7. The third-order valence-corrected chi connectivity index (χ3v) is 5.22. The molecule has 3 rings (SSSR count). The number of nitrogen functional groups attached to an aromatic ring is 1. The van der Waals surface area contributed by atoms with Gasteiger partial charge in [0.1, 0.15) is 5.65 Å². The number of hydrogen-bond donors (Lipinski definition) is 1. The topological polar surface area (TPSA) is 89.9 Å². The molecule has 0 unspecified atom stereocenters. The number of imidazole rings is 1. The van der Waals surface area contributed by atoms with Crippen molar-refractivity contribution in [2.75, 3.05) is 32.0 Å². The van der Waals surface area contributed by atoms with E-state index in [1.54, 1.807) is 24.4 Å². The van der Waals surface area contributed by atoms with Gasteiger partial charge >= 0.3 is 0 Å². The lowest BCUT2D eigenvalue weighted by atomic mass is 10.5. The molecule has 1 aliphatic heterocycles. The number of aromatic nitrogens is 2. The molecule has 0 bridgehead atoms. The Kier molecular flexibility index (Phi) is 3.36. The van der Waals surface area contributed by atoms with Crippen molar-refractivity contribution in [1.82, 2.24) is 13.7 Å². The van der Waals surface area contributed by atoms with Crippen LogP contribution in [0.4, 0.5) is 5.82 Å². The fourth-order valence-electron chi connectivity index (χ4n) is 2.33. The lowest BCUT2D eigenvalue weighted by molar-refractivity contribution is 0.148. The average Bonchev–Trinajstić information content (AvgIpc) is 2.61. The van der Waals surface area contributed by atoms with Crippen LogP contribution in [0.1, 0.15) is 6.42 Å². The first-order valence-electron chi connectivity index (χ1n) is 6.41. The maximum absolute atomic E-state index is 12.8. The van der Waals surface area contributed by atoms with E-state index in [1.807, 2.05) is 0 Å². The lowest BCUT2D eigenvalue weighted by Gasteiger charge is -2.19. The summed E-state index contributed by atoms with van der Waals surface area (Å²) in [5, 5.41) is 0.0370. The normalized spacial score (nSPS) is 18.2. The van der Waals surface area contributed by atoms with Crippen molar-refractivity contribution in [2.24, 2.45) is 0 Å². The molecule has 0 saturated carbocycles. The van der Waals surface area contributed by atoms with Crippen molar-refractivity contribution in [2.45, 2.75) is 11.4 Å². The van der Waals surface area contributed by atoms with Gasteiger partial charge in [0.15, 0.2) is 10.8 Å². The van der Waals surface area contributed by atoms with Crippen molar-refractivity contribution >= 4 is 21.5 Å². The Morgan fingerprint density at radius 3 is 2.95 bits per heavy atom. The minimum Gasteiger partial charge on any atom is -0.381 e. The van der Waals surface area contributed by atoms with Crippen LogP contribution >= 0.6 is 0 Å². The van der Waals surface area contributed by atoms with Crippen LogP contribution in [0.3, 0.4) is 0 Å². The Morgan fingerprint density at radius 1 is 1.25 bits per heavy atom. The van der Waals surface area contributed by atoms with Gasteiger partial charge in [0.05, 0.1) is 6.61 Å². The fourth-order valence-corrected chi connectivity index (χ4v) is 3.98. The molecule has 0 atom stereocenters. The molecule has 3 heterocycles. The quantitative estimate of drug-likeness (QED) is 0.862. The Balaban J connectivity index is 2.11. The SMILES string of the molecule is Nc1nc2ccccn2c1S(=O)(=O)N1CCCOCC1. The van der Waals surface area contributed by atoms with Crippen LogP contribution in [0.2, 0.25) is 0 Å². The largest absolute Gasteiger partial charge is 0.381 e. The van der Waals surface area contributed by atoms with Gasteiger partial charge in [-0.15, -0.1) is 0 Å². The molecule has 2 N–H and O–H groups in total. The maximum atomic E-state index is 12.8. The van der Waals surface area contributed by atoms with Gasteiger partial charge in [-0.2, -0.15) is 4.31 Å². The summed E-state index contributed by atoms with van der Waals surface area (Å²) in [4.78, 5) is 4.10. The van der Waals surface area contributed by atoms with Gasteiger partial charge in [-0.05, 0) is 18.6 Å². The second-order valence-corrected chi connectivity index (χ2v) is 6.45. The Hall–Kier alpha value is -1.64. The summed E-state index contributed by atoms with van der Waals surface area (Å²) in [5.41, 5.74) is 6.34. The number of pyridine rings is 1. The molecule has 7 nitrogen and oxygen atoms in total. The van der Waals surface area contributed by atoms with Crippen LogP contribution < -0.4 is 5.73 Å². The van der Waals surface area contributed by atoms with Gasteiger partial charge in [-0.1, -0.05) is 6.07 Å². The van der Waals surface area contributed by atoms with Crippen LogP contribution in [-0.4, -0.2) is 48.4 Å². The highest BCUT2D eigenvalue weighted by Crippen LogP contribution is 2.24. The van der Waals surface area contributed by atoms with E-state index >= 15 is 0 Å². The minimum absolute atomic E-state index is 0.0290. The average molecular weight is 296 g/mol. The van der Waals surface area contributed by atoms with Crippen molar-refractivity contribution in [3.8, 4) is 0 Å². The van der Waals surface area contributed by atoms with Crippen LogP contribution in [-0.2, 0) is 14.8 Å². The molecule has 2 aromatic rings. The molecule has 2 aromatic heterocycles. The molecular formula is C12H16N4O3S. The van der Waals surface area contributed by atoms with Gasteiger partial charge < -0.3 is 10.5 Å². The Morgan fingerprint density at radius 2 is 2.10 bits per heavy atom. The highest BCUT2D eigenvalue weighted by molar-refractivity contribution is 7.89. The third kappa shape index (κ3) is 2.15. The Labute approximate surface area is 117 Å². The monoisotopic (exact) mass is 296 g/mol. The maximum Gasteiger partial charge on any atom is 0.262 e. The number of hydrogen-bond acceptors (Lipinski definition) is 5. The number of rotatable bonds is 2. The summed E-state index contributed by atoms with van der Waals surface area (Å²) in [6.07, 6.45) is 2.33. The van der Waals surface area contributed by atoms with Crippen molar-refractivity contribution in [1.29, 1.82) is 0 Å². The van der Waals surface area contributed by atoms with Gasteiger partial charge in [-0.3, -0.25) is 4.40 Å². The molecule has 0 aromatic carbocycles. The number of nitrogens with two attached hydrogens (primary N) is 1. The van der Waals surface area contributed by atoms with Crippen LogP contribution in [0.15, 0.2) is 29.4 Å². The van der Waals surface area contributed by atoms with Crippen molar-refractivity contribution in [3.05, 3.63) is 24.4 Å². The summed E-state index contributed by atoms with van der Waals surface area (Å²) in [6, 6.07) is 5.26. The first-order valence-corrected chi connectivity index (χ1v) is 7.85. The van der Waals surface area contributed by atoms with Gasteiger partial charge in [0, 0.05) is 25.9 Å². The van der Waals surface area contributed by atoms with Crippen molar-refractivity contribution in [3.63, 3.8) is 0 Å². The molecule has 1 saturated heterocycles. The van der Waals surface area contributed by atoms with Crippen molar-refractivity contribution < 1.29 is 13.2 Å². The number of anilines is 1. The predicted molar refractivity (Wildman–Crippen MR) is 73.8 cm³/mol. The number of sulfonamides is 1. The highest BCUT2D eigenvalue weighted by Gasteiger charge is 2.31. The molecule has 0 spiro atoms. The number of fused-ring (bicyclic) bond motifs is 1. The standard InChI is InChI=1S/C12H16N4O3S/c13-11-12(16-6-2-1-4-10(16)14-11)20(17,18)15-5-3-8-19-9-7-15/h1-2,4,6H,3,5,7-9,13H2. The zero-order chi connectivity index (χ0) is 14.2. The predicted octanol–water partition coefficient (Wildman–Crippen LogP) is 0.327. The van der Waals surface area contributed by atoms with Gasteiger partial charge in [0.2, 0.25) is 0 Å². The van der Waals surface area contributed by atoms with E-state index in [0.717, 1.165) is 0 Å². The molecule has 0 amide bonds. The fraction of sp³-hybridized carbons (Fsp3) is 0.417. The van der Waals surface area contributed by atoms with E-state index < -0.39 is 10.0 Å². The summed E-state index contributed by atoms with van der Waals surface area (Å²) < 4.78 is 33.7. The summed E-state index contributed by atoms with van der Waals surface area (Å²) in [7, 11) is -3.67. The second-order valence-electron chi connectivity index (χ2n) is 4.60. The molecule has 1 aliphatic rings. The first kappa shape index (κ1) is 13.3. The number of nitrogens with zero attached hydrogens (tertiary/aromatic N) is 3. The van der Waals surface area contributed by atoms with E-state index in [4.69, 9.17) is 10.5 Å². The molecular weight excluding hydrogens is 280 g/mol. The third-order valence-electron chi connectivity index (χ3n) is 3.28. The van der Waals surface area contributed by atoms with E-state index in [2.05, 4.69) is 4.98 Å². The van der Waals surface area contributed by atoms with Crippen LogP contribution in [0.5, 0.6) is 0 Å². The molecule has 0 aliphatic carbocycles. The molecule has 20 heavy (non-hydrogen) atoms. The number of ether oxygens (including phenoxy) is 1. The van der Waals surface area contributed by atoms with E-state index in [0.29, 0.717) is 38.4 Å². The molecule has 8 heteroatoms. The van der Waals surface area contributed by atoms with E-state index in [9.17, 15) is 8.42 Å². The minimum atomic E-state index is -3.67. The van der Waals surface area contributed by atoms with Gasteiger partial charge in [0.25, 0.3) is 10.0 Å². The lowest BCUT2D eigenvalue weighted by Crippen LogP contribution is -2.34. The second kappa shape index (κ2) is 5.04. The molecule has 1 fully saturated rings. The van der Waals surface area contributed by atoms with Gasteiger partial charge in [-0.25, -0.2) is 13.4 Å². The molecule has 0 radical (unpaired) electrons. The first-order chi connectivity index (χ1) is 9.60. The van der Waals surface area contributed by atoms with Crippen LogP contribution in [0, 0.1) is 0 Å². The smallest absolute Gasteiger partial charge is 0.262 e. The van der Waals surface area contributed by atoms with Crippen LogP contribution in [0.25, 0.3) is 5.65 Å². The summed E-state index contributed by atoms with van der Waals surface area (Å²) in [6.45, 7) is 1.74. The zero-order valence-electron chi connectivity index (χ0n) is 10.9. The Bertz CT molecular complexity index is 717. The summed E-state index contributed by atoms with van der Waals surface area (Å²) in [5.74, 6) is 0.0290.